The fraction of sp³-hybridized carbons (Fsp3) is 0.143. The predicted octanol–water partition coefficient (Wildman–Crippen LogP) is 0.953. The summed E-state index contributed by atoms with van der Waals surface area (Å²) < 4.78 is 1.33. The van der Waals surface area contributed by atoms with Gasteiger partial charge in [0.05, 0.1) is 0 Å². The molecule has 7 heteroatoms. The van der Waals surface area contributed by atoms with Gasteiger partial charge in [-0.2, -0.15) is 4.98 Å². The van der Waals surface area contributed by atoms with Gasteiger partial charge < -0.3 is 5.73 Å². The molecule has 0 bridgehead atoms. The van der Waals surface area contributed by atoms with Crippen molar-refractivity contribution in [3.63, 3.8) is 0 Å². The third-order valence-electron chi connectivity index (χ3n) is 3.13. The number of anilines is 1. The van der Waals surface area contributed by atoms with Gasteiger partial charge in [-0.15, -0.1) is 0 Å². The number of benzene rings is 1. The molecule has 0 aliphatic rings. The molecule has 106 valence electrons. The van der Waals surface area contributed by atoms with Crippen molar-refractivity contribution in [2.45, 2.75) is 13.3 Å². The van der Waals surface area contributed by atoms with Crippen molar-refractivity contribution in [1.82, 2.24) is 19.5 Å². The van der Waals surface area contributed by atoms with Crippen molar-refractivity contribution in [1.29, 1.82) is 0 Å². The van der Waals surface area contributed by atoms with Crippen molar-refractivity contribution in [3.8, 4) is 0 Å². The van der Waals surface area contributed by atoms with E-state index in [1.807, 2.05) is 30.3 Å². The minimum absolute atomic E-state index is 0.0406. The Kier molecular flexibility index (Phi) is 3.02. The minimum Gasteiger partial charge on any atom is -0.369 e. The smallest absolute Gasteiger partial charge is 0.280 e. The fourth-order valence-corrected chi connectivity index (χ4v) is 2.26. The molecule has 3 N–H and O–H groups in total. The molecule has 0 unspecified atom stereocenters. The van der Waals surface area contributed by atoms with E-state index in [1.54, 1.807) is 0 Å². The largest absolute Gasteiger partial charge is 0.369 e. The number of hydrogen-bond donors (Lipinski definition) is 2. The van der Waals surface area contributed by atoms with Gasteiger partial charge in [-0.3, -0.25) is 14.6 Å². The first-order valence-electron chi connectivity index (χ1n) is 6.38. The molecule has 0 amide bonds. The Labute approximate surface area is 119 Å². The van der Waals surface area contributed by atoms with Gasteiger partial charge in [0, 0.05) is 13.3 Å². The summed E-state index contributed by atoms with van der Waals surface area (Å²) in [5.41, 5.74) is 6.38. The monoisotopic (exact) mass is 283 g/mol. The maximum Gasteiger partial charge on any atom is 0.280 e. The van der Waals surface area contributed by atoms with Gasteiger partial charge in [0.25, 0.3) is 5.56 Å². The van der Waals surface area contributed by atoms with Gasteiger partial charge >= 0.3 is 0 Å². The van der Waals surface area contributed by atoms with Crippen LogP contribution in [0.1, 0.15) is 23.1 Å². The van der Waals surface area contributed by atoms with Crippen molar-refractivity contribution >= 4 is 23.0 Å². The summed E-state index contributed by atoms with van der Waals surface area (Å²) in [5.74, 6) is 0.161. The van der Waals surface area contributed by atoms with Crippen LogP contribution in [0.15, 0.2) is 35.1 Å². The van der Waals surface area contributed by atoms with Crippen LogP contribution in [-0.4, -0.2) is 25.4 Å². The molecule has 1 aromatic carbocycles. The van der Waals surface area contributed by atoms with E-state index >= 15 is 0 Å². The molecule has 2 aromatic heterocycles. The van der Waals surface area contributed by atoms with E-state index in [1.165, 1.54) is 11.5 Å². The summed E-state index contributed by atoms with van der Waals surface area (Å²) in [7, 11) is 0. The summed E-state index contributed by atoms with van der Waals surface area (Å²) in [6.07, 6.45) is 0.427. The zero-order valence-electron chi connectivity index (χ0n) is 11.3. The zero-order chi connectivity index (χ0) is 15.0. The van der Waals surface area contributed by atoms with Gasteiger partial charge in [0.2, 0.25) is 11.9 Å². The number of nitrogens with one attached hydrogen (secondary N) is 1. The third-order valence-corrected chi connectivity index (χ3v) is 3.13. The number of aromatic nitrogens is 4. The predicted molar refractivity (Wildman–Crippen MR) is 78.1 cm³/mol. The van der Waals surface area contributed by atoms with Crippen LogP contribution >= 0.6 is 0 Å². The van der Waals surface area contributed by atoms with Crippen molar-refractivity contribution in [3.05, 3.63) is 52.1 Å². The Morgan fingerprint density at radius 3 is 2.67 bits per heavy atom. The number of carbonyl (C=O) groups is 1. The van der Waals surface area contributed by atoms with E-state index < -0.39 is 5.56 Å². The average molecular weight is 283 g/mol. The first kappa shape index (κ1) is 13.0. The number of rotatable bonds is 2. The van der Waals surface area contributed by atoms with Crippen LogP contribution in [0.2, 0.25) is 0 Å². The maximum atomic E-state index is 11.9. The highest BCUT2D eigenvalue weighted by Crippen LogP contribution is 2.15. The van der Waals surface area contributed by atoms with Crippen molar-refractivity contribution in [2.24, 2.45) is 0 Å². The SMILES string of the molecule is CC(=O)n1c(Cc2ccccc2)nc2c(=O)[nH]c(N)nc21. The summed E-state index contributed by atoms with van der Waals surface area (Å²) >= 11 is 0. The Balaban J connectivity index is 2.23. The van der Waals surface area contributed by atoms with Crippen LogP contribution in [0, 0.1) is 0 Å². The number of nitrogen functional groups attached to an aromatic ring is 1. The summed E-state index contributed by atoms with van der Waals surface area (Å²) in [4.78, 5) is 34.4. The van der Waals surface area contributed by atoms with E-state index in [4.69, 9.17) is 5.73 Å². The number of nitrogens with two attached hydrogens (primary N) is 1. The molecule has 0 spiro atoms. The summed E-state index contributed by atoms with van der Waals surface area (Å²) in [5, 5.41) is 0. The van der Waals surface area contributed by atoms with Gasteiger partial charge in [0.1, 0.15) is 5.82 Å². The molecule has 3 aromatic rings. The number of fused-ring (bicyclic) bond motifs is 1. The van der Waals surface area contributed by atoms with Crippen LogP contribution in [0.25, 0.3) is 11.2 Å². The first-order chi connectivity index (χ1) is 10.1. The number of H-pyrrole nitrogens is 1. The second kappa shape index (κ2) is 4.86. The lowest BCUT2D eigenvalue weighted by Gasteiger charge is -2.04. The quantitative estimate of drug-likeness (QED) is 0.728. The molecule has 2 heterocycles. The molecule has 3 rings (SSSR count). The van der Waals surface area contributed by atoms with Crippen LogP contribution in [0.4, 0.5) is 5.95 Å². The van der Waals surface area contributed by atoms with Crippen LogP contribution in [-0.2, 0) is 6.42 Å². The summed E-state index contributed by atoms with van der Waals surface area (Å²) in [6.45, 7) is 1.40. The molecular weight excluding hydrogens is 270 g/mol. The Morgan fingerprint density at radius 2 is 2.00 bits per heavy atom. The van der Waals surface area contributed by atoms with E-state index in [-0.39, 0.29) is 23.0 Å². The second-order valence-electron chi connectivity index (χ2n) is 4.67. The molecule has 7 nitrogen and oxygen atoms in total. The summed E-state index contributed by atoms with van der Waals surface area (Å²) in [6, 6.07) is 9.56. The third kappa shape index (κ3) is 2.29. The second-order valence-corrected chi connectivity index (χ2v) is 4.67. The first-order valence-corrected chi connectivity index (χ1v) is 6.38. The molecule has 0 saturated heterocycles. The number of imidazole rings is 1. The van der Waals surface area contributed by atoms with E-state index in [0.29, 0.717) is 12.2 Å². The molecular formula is C14H13N5O2. The van der Waals surface area contributed by atoms with Crippen LogP contribution in [0.3, 0.4) is 0 Å². The number of aromatic amines is 1. The highest BCUT2D eigenvalue weighted by Gasteiger charge is 2.18. The van der Waals surface area contributed by atoms with Crippen molar-refractivity contribution < 1.29 is 4.79 Å². The number of hydrogen-bond acceptors (Lipinski definition) is 5. The topological polar surface area (TPSA) is 107 Å². The number of nitrogens with zero attached hydrogens (tertiary/aromatic N) is 3. The minimum atomic E-state index is -0.452. The average Bonchev–Trinajstić information content (AvgIpc) is 2.78. The molecule has 21 heavy (non-hydrogen) atoms. The van der Waals surface area contributed by atoms with E-state index in [9.17, 15) is 9.59 Å². The fourth-order valence-electron chi connectivity index (χ4n) is 2.26. The van der Waals surface area contributed by atoms with Crippen LogP contribution < -0.4 is 11.3 Å². The van der Waals surface area contributed by atoms with Gasteiger partial charge in [-0.25, -0.2) is 9.55 Å². The highest BCUT2D eigenvalue weighted by atomic mass is 16.2. The Morgan fingerprint density at radius 1 is 1.29 bits per heavy atom. The standard InChI is InChI=1S/C14H13N5O2/c1-8(20)19-10(7-9-5-3-2-4-6-9)16-11-12(19)17-14(15)18-13(11)21/h2-6H,7H2,1H3,(H3,15,17,18,21). The molecule has 0 aliphatic heterocycles. The van der Waals surface area contributed by atoms with Crippen molar-refractivity contribution in [2.75, 3.05) is 5.73 Å². The Bertz CT molecular complexity index is 880. The van der Waals surface area contributed by atoms with E-state index in [0.717, 1.165) is 5.56 Å². The maximum absolute atomic E-state index is 11.9. The molecule has 0 saturated carbocycles. The Hall–Kier alpha value is -2.96. The molecule has 0 atom stereocenters. The molecule has 0 aliphatic carbocycles. The number of carbonyl (C=O) groups excluding carboxylic acids is 1. The lowest BCUT2D eigenvalue weighted by molar-refractivity contribution is 0.0937. The van der Waals surface area contributed by atoms with Crippen LogP contribution in [0.5, 0.6) is 0 Å². The van der Waals surface area contributed by atoms with Gasteiger partial charge in [-0.05, 0) is 5.56 Å². The van der Waals surface area contributed by atoms with E-state index in [2.05, 4.69) is 15.0 Å². The molecule has 0 radical (unpaired) electrons. The zero-order valence-corrected chi connectivity index (χ0v) is 11.3. The normalized spacial score (nSPS) is 10.9. The van der Waals surface area contributed by atoms with Gasteiger partial charge in [0.15, 0.2) is 11.2 Å². The van der Waals surface area contributed by atoms with Gasteiger partial charge in [-0.1, -0.05) is 30.3 Å². The lowest BCUT2D eigenvalue weighted by atomic mass is 10.1. The lowest BCUT2D eigenvalue weighted by Crippen LogP contribution is -2.14. The molecule has 0 fully saturated rings. The highest BCUT2D eigenvalue weighted by molar-refractivity contribution is 5.87.